The monoisotopic (exact) mass is 345 g/mol. The summed E-state index contributed by atoms with van der Waals surface area (Å²) in [5, 5.41) is 0.0357. The third-order valence-corrected chi connectivity index (χ3v) is 5.14. The molecule has 0 spiro atoms. The first-order valence-corrected chi connectivity index (χ1v) is 9.36. The van der Waals surface area contributed by atoms with Gasteiger partial charge in [0.15, 0.2) is 14.9 Å². The maximum atomic E-state index is 12.8. The number of pyridine rings is 1. The van der Waals surface area contributed by atoms with E-state index in [1.54, 1.807) is 4.90 Å². The molecule has 0 aliphatic carbocycles. The number of carbonyl (C=O) groups is 1. The maximum absolute atomic E-state index is 12.8. The summed E-state index contributed by atoms with van der Waals surface area (Å²) >= 11 is 6.06. The van der Waals surface area contributed by atoms with E-state index in [1.165, 1.54) is 12.3 Å². The van der Waals surface area contributed by atoms with Crippen molar-refractivity contribution >= 4 is 27.3 Å². The quantitative estimate of drug-likeness (QED) is 0.826. The van der Waals surface area contributed by atoms with Crippen molar-refractivity contribution in [2.45, 2.75) is 24.4 Å². The Hall–Kier alpha value is -1.18. The Labute approximate surface area is 136 Å². The number of aromatic nitrogens is 1. The molecular weight excluding hydrogens is 326 g/mol. The largest absolute Gasteiger partial charge is 0.333 e. The second-order valence-corrected chi connectivity index (χ2v) is 7.97. The molecule has 1 aromatic rings. The van der Waals surface area contributed by atoms with E-state index < -0.39 is 9.84 Å². The molecular formula is C14H20ClN3O3S. The number of nitrogens with zero attached hydrogens (tertiary/aromatic N) is 3. The summed E-state index contributed by atoms with van der Waals surface area (Å²) < 4.78 is 23.2. The van der Waals surface area contributed by atoms with Gasteiger partial charge in [-0.1, -0.05) is 18.5 Å². The maximum Gasteiger partial charge on any atom is 0.255 e. The molecule has 0 radical (unpaired) electrons. The lowest BCUT2D eigenvalue weighted by atomic mass is 10.1. The lowest BCUT2D eigenvalue weighted by Crippen LogP contribution is -2.53. The lowest BCUT2D eigenvalue weighted by molar-refractivity contribution is 0.0493. The van der Waals surface area contributed by atoms with Crippen LogP contribution in [0.25, 0.3) is 0 Å². The molecule has 22 heavy (non-hydrogen) atoms. The van der Waals surface area contributed by atoms with Gasteiger partial charge in [-0.15, -0.1) is 0 Å². The topological polar surface area (TPSA) is 70.6 Å². The van der Waals surface area contributed by atoms with Crippen molar-refractivity contribution in [1.29, 1.82) is 0 Å². The molecule has 2 heterocycles. The van der Waals surface area contributed by atoms with Crippen molar-refractivity contribution < 1.29 is 13.2 Å². The molecule has 2 rings (SSSR count). The highest BCUT2D eigenvalue weighted by atomic mass is 35.5. The van der Waals surface area contributed by atoms with Crippen molar-refractivity contribution in [3.05, 3.63) is 22.8 Å². The van der Waals surface area contributed by atoms with Crippen LogP contribution in [0, 0.1) is 0 Å². The summed E-state index contributed by atoms with van der Waals surface area (Å²) in [5.41, 5.74) is 0.195. The van der Waals surface area contributed by atoms with Crippen LogP contribution in [0.5, 0.6) is 0 Å². The fourth-order valence-corrected chi connectivity index (χ4v) is 3.33. The van der Waals surface area contributed by atoms with Gasteiger partial charge in [-0.2, -0.15) is 0 Å². The molecule has 6 nitrogen and oxygen atoms in total. The summed E-state index contributed by atoms with van der Waals surface area (Å²) in [7, 11) is -1.46. The Bertz CT molecular complexity index is 678. The van der Waals surface area contributed by atoms with Gasteiger partial charge in [0.25, 0.3) is 5.91 Å². The third kappa shape index (κ3) is 3.59. The molecule has 1 unspecified atom stereocenters. The Morgan fingerprint density at radius 1 is 1.45 bits per heavy atom. The Balaban J connectivity index is 2.36. The molecule has 0 N–H and O–H groups in total. The summed E-state index contributed by atoms with van der Waals surface area (Å²) in [4.78, 5) is 20.5. The Morgan fingerprint density at radius 2 is 2.14 bits per heavy atom. The zero-order chi connectivity index (χ0) is 16.5. The van der Waals surface area contributed by atoms with Crippen LogP contribution < -0.4 is 0 Å². The lowest BCUT2D eigenvalue weighted by Gasteiger charge is -2.39. The van der Waals surface area contributed by atoms with Gasteiger partial charge < -0.3 is 9.80 Å². The fourth-order valence-electron chi connectivity index (χ4n) is 2.57. The molecule has 0 saturated carbocycles. The van der Waals surface area contributed by atoms with E-state index in [-0.39, 0.29) is 27.6 Å². The molecule has 1 aliphatic heterocycles. The summed E-state index contributed by atoms with van der Waals surface area (Å²) in [6, 6.07) is 1.36. The SMILES string of the molecule is CCC1CN(C)CCN1C(=O)c1cc(S(C)(=O)=O)ncc1Cl. The summed E-state index contributed by atoms with van der Waals surface area (Å²) in [6.45, 7) is 4.20. The van der Waals surface area contributed by atoms with Crippen LogP contribution in [0.1, 0.15) is 23.7 Å². The predicted molar refractivity (Wildman–Crippen MR) is 85.0 cm³/mol. The van der Waals surface area contributed by atoms with Crippen LogP contribution in [0.4, 0.5) is 0 Å². The van der Waals surface area contributed by atoms with Gasteiger partial charge >= 0.3 is 0 Å². The molecule has 0 bridgehead atoms. The standard InChI is InChI=1S/C14H20ClN3O3S/c1-4-10-9-17(2)5-6-18(10)14(19)11-7-13(22(3,20)21)16-8-12(11)15/h7-8,10H,4-6,9H2,1-3H3. The van der Waals surface area contributed by atoms with E-state index in [4.69, 9.17) is 11.6 Å². The highest BCUT2D eigenvalue weighted by molar-refractivity contribution is 7.90. The second kappa shape index (κ2) is 6.52. The molecule has 1 saturated heterocycles. The van der Waals surface area contributed by atoms with Crippen molar-refractivity contribution in [3.63, 3.8) is 0 Å². The predicted octanol–water partition coefficient (Wildman–Crippen LogP) is 1.30. The first-order chi connectivity index (χ1) is 10.2. The van der Waals surface area contributed by atoms with E-state index in [0.29, 0.717) is 6.54 Å². The highest BCUT2D eigenvalue weighted by Gasteiger charge is 2.30. The molecule has 1 amide bonds. The summed E-state index contributed by atoms with van der Waals surface area (Å²) in [5.74, 6) is -0.239. The number of likely N-dealkylation sites (N-methyl/N-ethyl adjacent to an activating group) is 1. The van der Waals surface area contributed by atoms with Crippen molar-refractivity contribution in [2.24, 2.45) is 0 Å². The van der Waals surface area contributed by atoms with Crippen LogP contribution in [-0.4, -0.2) is 68.1 Å². The van der Waals surface area contributed by atoms with Crippen LogP contribution in [0.15, 0.2) is 17.3 Å². The Morgan fingerprint density at radius 3 is 2.73 bits per heavy atom. The average molecular weight is 346 g/mol. The molecule has 8 heteroatoms. The number of rotatable bonds is 3. The molecule has 0 aromatic carbocycles. The average Bonchev–Trinajstić information content (AvgIpc) is 2.45. The Kier molecular flexibility index (Phi) is 5.09. The van der Waals surface area contributed by atoms with Gasteiger partial charge in [0, 0.05) is 38.1 Å². The molecule has 1 atom stereocenters. The van der Waals surface area contributed by atoms with Gasteiger partial charge in [-0.05, 0) is 19.5 Å². The first kappa shape index (κ1) is 17.2. The minimum atomic E-state index is -3.48. The number of hydrogen-bond acceptors (Lipinski definition) is 5. The number of hydrogen-bond donors (Lipinski definition) is 0. The first-order valence-electron chi connectivity index (χ1n) is 7.09. The number of piperazine rings is 1. The van der Waals surface area contributed by atoms with Crippen molar-refractivity contribution in [3.8, 4) is 0 Å². The second-order valence-electron chi connectivity index (χ2n) is 5.60. The van der Waals surface area contributed by atoms with Crippen molar-refractivity contribution in [2.75, 3.05) is 32.9 Å². The molecule has 1 aliphatic rings. The normalized spacial score (nSPS) is 20.2. The number of carbonyl (C=O) groups excluding carboxylic acids is 1. The van der Waals surface area contributed by atoms with E-state index in [2.05, 4.69) is 9.88 Å². The van der Waals surface area contributed by atoms with Gasteiger partial charge in [-0.3, -0.25) is 4.79 Å². The van der Waals surface area contributed by atoms with Gasteiger partial charge in [-0.25, -0.2) is 13.4 Å². The van der Waals surface area contributed by atoms with Gasteiger partial charge in [0.05, 0.1) is 10.6 Å². The molecule has 1 fully saturated rings. The smallest absolute Gasteiger partial charge is 0.255 e. The van der Waals surface area contributed by atoms with E-state index in [9.17, 15) is 13.2 Å². The van der Waals surface area contributed by atoms with E-state index in [0.717, 1.165) is 25.8 Å². The summed E-state index contributed by atoms with van der Waals surface area (Å²) in [6.07, 6.45) is 3.11. The van der Waals surface area contributed by atoms with Crippen LogP contribution >= 0.6 is 11.6 Å². The zero-order valence-electron chi connectivity index (χ0n) is 12.9. The van der Waals surface area contributed by atoms with E-state index >= 15 is 0 Å². The molecule has 1 aromatic heterocycles. The van der Waals surface area contributed by atoms with Gasteiger partial charge in [0.2, 0.25) is 0 Å². The van der Waals surface area contributed by atoms with Crippen LogP contribution in [0.2, 0.25) is 5.02 Å². The van der Waals surface area contributed by atoms with E-state index in [1.807, 2.05) is 14.0 Å². The number of halogens is 1. The zero-order valence-corrected chi connectivity index (χ0v) is 14.5. The molecule has 122 valence electrons. The highest BCUT2D eigenvalue weighted by Crippen LogP contribution is 2.23. The minimum absolute atomic E-state index is 0.0946. The van der Waals surface area contributed by atoms with Crippen LogP contribution in [-0.2, 0) is 9.84 Å². The fraction of sp³-hybridized carbons (Fsp3) is 0.571. The number of amides is 1. The van der Waals surface area contributed by atoms with Crippen molar-refractivity contribution in [1.82, 2.24) is 14.8 Å². The number of sulfone groups is 1. The minimum Gasteiger partial charge on any atom is -0.333 e. The van der Waals surface area contributed by atoms with Crippen LogP contribution in [0.3, 0.4) is 0 Å². The van der Waals surface area contributed by atoms with Gasteiger partial charge in [0.1, 0.15) is 0 Å². The third-order valence-electron chi connectivity index (χ3n) is 3.86.